The van der Waals surface area contributed by atoms with E-state index >= 15 is 0 Å². The minimum Gasteiger partial charge on any atom is -0.508 e. The summed E-state index contributed by atoms with van der Waals surface area (Å²) in [7, 11) is -3.69. The highest BCUT2D eigenvalue weighted by atomic mass is 35.5. The number of rotatable bonds is 6. The lowest BCUT2D eigenvalue weighted by Gasteiger charge is -2.26. The Kier molecular flexibility index (Phi) is 6.86. The second-order valence-electron chi connectivity index (χ2n) is 6.27. The van der Waals surface area contributed by atoms with Gasteiger partial charge >= 0.3 is 0 Å². The second kappa shape index (κ2) is 9.36. The first kappa shape index (κ1) is 21.3. The van der Waals surface area contributed by atoms with Gasteiger partial charge in [-0.05, 0) is 36.4 Å². The van der Waals surface area contributed by atoms with E-state index in [1.54, 1.807) is 12.1 Å². The molecule has 1 saturated heterocycles. The molecule has 2 aromatic carbocycles. The Labute approximate surface area is 173 Å². The number of amides is 1. The van der Waals surface area contributed by atoms with Gasteiger partial charge < -0.3 is 9.84 Å². The van der Waals surface area contributed by atoms with Crippen LogP contribution in [0.4, 0.5) is 0 Å². The minimum atomic E-state index is -3.69. The van der Waals surface area contributed by atoms with Crippen molar-refractivity contribution in [3.05, 3.63) is 58.6 Å². The fourth-order valence-corrected chi connectivity index (χ4v) is 4.41. The number of aromatic hydroxyl groups is 1. The first-order valence-corrected chi connectivity index (χ1v) is 10.7. The maximum Gasteiger partial charge on any atom is 0.271 e. The van der Waals surface area contributed by atoms with Crippen molar-refractivity contribution in [1.82, 2.24) is 9.73 Å². The van der Waals surface area contributed by atoms with Crippen molar-refractivity contribution in [2.24, 2.45) is 5.10 Å². The van der Waals surface area contributed by atoms with E-state index in [4.69, 9.17) is 16.3 Å². The van der Waals surface area contributed by atoms with Crippen molar-refractivity contribution in [3.8, 4) is 5.75 Å². The first-order chi connectivity index (χ1) is 13.9. The molecular formula is C19H20ClN3O5S. The maximum atomic E-state index is 12.7. The molecular weight excluding hydrogens is 418 g/mol. The third-order valence-electron chi connectivity index (χ3n) is 4.31. The number of morpholine rings is 1. The standard InChI is InChI=1S/C19H20ClN3O5S/c20-16-4-5-18(24)14(12-16)6-7-21-22-19(25)15-2-1-3-17(13-15)29(26,27)23-8-10-28-11-9-23/h1-5,7,12-13,24H,6,8-11H2,(H,22,25)/b21-7+. The molecule has 1 heterocycles. The van der Waals surface area contributed by atoms with Crippen LogP contribution in [-0.4, -0.2) is 56.3 Å². The molecule has 0 aliphatic carbocycles. The highest BCUT2D eigenvalue weighted by Gasteiger charge is 2.26. The average molecular weight is 438 g/mol. The summed E-state index contributed by atoms with van der Waals surface area (Å²) < 4.78 is 31.9. The van der Waals surface area contributed by atoms with E-state index in [0.717, 1.165) is 0 Å². The van der Waals surface area contributed by atoms with Gasteiger partial charge in [-0.15, -0.1) is 0 Å². The number of phenolic OH excluding ortho intramolecular Hbond substituents is 1. The van der Waals surface area contributed by atoms with Crippen LogP contribution in [0.5, 0.6) is 5.75 Å². The number of hydrogen-bond acceptors (Lipinski definition) is 6. The summed E-state index contributed by atoms with van der Waals surface area (Å²) in [5.74, 6) is -0.469. The molecule has 29 heavy (non-hydrogen) atoms. The predicted molar refractivity (Wildman–Crippen MR) is 109 cm³/mol. The van der Waals surface area contributed by atoms with Crippen molar-refractivity contribution >= 4 is 33.7 Å². The zero-order chi connectivity index (χ0) is 20.9. The smallest absolute Gasteiger partial charge is 0.271 e. The van der Waals surface area contributed by atoms with Gasteiger partial charge in [0.15, 0.2) is 0 Å². The normalized spacial score (nSPS) is 15.5. The lowest BCUT2D eigenvalue weighted by atomic mass is 10.1. The van der Waals surface area contributed by atoms with Gasteiger partial charge in [-0.2, -0.15) is 9.41 Å². The molecule has 1 fully saturated rings. The van der Waals surface area contributed by atoms with Crippen LogP contribution in [0.1, 0.15) is 15.9 Å². The highest BCUT2D eigenvalue weighted by molar-refractivity contribution is 7.89. The van der Waals surface area contributed by atoms with Crippen LogP contribution in [0.3, 0.4) is 0 Å². The van der Waals surface area contributed by atoms with Crippen LogP contribution in [-0.2, 0) is 21.2 Å². The van der Waals surface area contributed by atoms with Gasteiger partial charge in [-0.25, -0.2) is 13.8 Å². The van der Waals surface area contributed by atoms with Crippen LogP contribution in [0.2, 0.25) is 5.02 Å². The summed E-state index contributed by atoms with van der Waals surface area (Å²) in [5, 5.41) is 14.1. The number of hydrogen-bond donors (Lipinski definition) is 2. The first-order valence-electron chi connectivity index (χ1n) is 8.85. The molecule has 0 radical (unpaired) electrons. The molecule has 1 aliphatic heterocycles. The number of nitrogens with zero attached hydrogens (tertiary/aromatic N) is 2. The van der Waals surface area contributed by atoms with Gasteiger partial charge in [0.1, 0.15) is 5.75 Å². The Hall–Kier alpha value is -2.46. The van der Waals surface area contributed by atoms with Crippen molar-refractivity contribution in [2.75, 3.05) is 26.3 Å². The van der Waals surface area contributed by atoms with Gasteiger partial charge in [0.05, 0.1) is 18.1 Å². The molecule has 0 saturated carbocycles. The molecule has 3 rings (SSSR count). The molecule has 2 N–H and O–H groups in total. The van der Waals surface area contributed by atoms with E-state index in [2.05, 4.69) is 10.5 Å². The SMILES string of the molecule is O=C(N/N=C/Cc1cc(Cl)ccc1O)c1cccc(S(=O)(=O)N2CCOCC2)c1. The number of phenols is 1. The van der Waals surface area contributed by atoms with Gasteiger partial charge in [0, 0.05) is 41.9 Å². The zero-order valence-electron chi connectivity index (χ0n) is 15.4. The molecule has 0 bridgehead atoms. The number of halogens is 1. The molecule has 2 aromatic rings. The fraction of sp³-hybridized carbons (Fsp3) is 0.263. The average Bonchev–Trinajstić information content (AvgIpc) is 2.74. The molecule has 0 unspecified atom stereocenters. The molecule has 8 nitrogen and oxygen atoms in total. The lowest BCUT2D eigenvalue weighted by Crippen LogP contribution is -2.40. The molecule has 10 heteroatoms. The predicted octanol–water partition coefficient (Wildman–Crippen LogP) is 2.02. The summed E-state index contributed by atoms with van der Waals surface area (Å²) in [6.45, 7) is 1.24. The number of hydrazone groups is 1. The van der Waals surface area contributed by atoms with Gasteiger partial charge in [0.2, 0.25) is 10.0 Å². The zero-order valence-corrected chi connectivity index (χ0v) is 17.0. The summed E-state index contributed by atoms with van der Waals surface area (Å²) in [4.78, 5) is 12.4. The Morgan fingerprint density at radius 3 is 2.76 bits per heavy atom. The number of sulfonamides is 1. The Morgan fingerprint density at radius 1 is 1.24 bits per heavy atom. The Bertz CT molecular complexity index is 1020. The molecule has 0 spiro atoms. The number of carbonyl (C=O) groups excluding carboxylic acids is 1. The van der Waals surface area contributed by atoms with E-state index in [-0.39, 0.29) is 35.7 Å². The summed E-state index contributed by atoms with van der Waals surface area (Å²) in [5.41, 5.74) is 3.08. The van der Waals surface area contributed by atoms with Gasteiger partial charge in [0.25, 0.3) is 5.91 Å². The molecule has 1 aliphatic rings. The number of carbonyl (C=O) groups is 1. The van der Waals surface area contributed by atoms with Gasteiger partial charge in [-0.3, -0.25) is 4.79 Å². The maximum absolute atomic E-state index is 12.7. The number of nitrogens with one attached hydrogen (secondary N) is 1. The van der Waals surface area contributed by atoms with Crippen molar-refractivity contribution in [3.63, 3.8) is 0 Å². The summed E-state index contributed by atoms with van der Waals surface area (Å²) in [6, 6.07) is 10.4. The van der Waals surface area contributed by atoms with E-state index in [1.807, 2.05) is 0 Å². The van der Waals surface area contributed by atoms with Crippen LogP contribution in [0.15, 0.2) is 52.5 Å². The summed E-state index contributed by atoms with van der Waals surface area (Å²) >= 11 is 5.88. The van der Waals surface area contributed by atoms with Gasteiger partial charge in [-0.1, -0.05) is 17.7 Å². The molecule has 0 aromatic heterocycles. The van der Waals surface area contributed by atoms with E-state index in [9.17, 15) is 18.3 Å². The fourth-order valence-electron chi connectivity index (χ4n) is 2.76. The second-order valence-corrected chi connectivity index (χ2v) is 8.65. The minimum absolute atomic E-state index is 0.0416. The van der Waals surface area contributed by atoms with E-state index < -0.39 is 15.9 Å². The quantitative estimate of drug-likeness (QED) is 0.531. The monoisotopic (exact) mass is 437 g/mol. The van der Waals surface area contributed by atoms with Crippen LogP contribution < -0.4 is 5.43 Å². The number of ether oxygens (including phenoxy) is 1. The number of benzene rings is 2. The Balaban J connectivity index is 1.65. The Morgan fingerprint density at radius 2 is 2.00 bits per heavy atom. The topological polar surface area (TPSA) is 108 Å². The molecule has 0 atom stereocenters. The molecule has 1 amide bonds. The highest BCUT2D eigenvalue weighted by Crippen LogP contribution is 2.21. The van der Waals surface area contributed by atoms with Crippen LogP contribution in [0, 0.1) is 0 Å². The third-order valence-corrected chi connectivity index (χ3v) is 6.44. The van der Waals surface area contributed by atoms with Crippen LogP contribution in [0.25, 0.3) is 0 Å². The van der Waals surface area contributed by atoms with Crippen molar-refractivity contribution < 1.29 is 23.1 Å². The van der Waals surface area contributed by atoms with Crippen LogP contribution >= 0.6 is 11.6 Å². The molecule has 154 valence electrons. The lowest BCUT2D eigenvalue weighted by molar-refractivity contribution is 0.0730. The van der Waals surface area contributed by atoms with Crippen molar-refractivity contribution in [2.45, 2.75) is 11.3 Å². The third kappa shape index (κ3) is 5.33. The summed E-state index contributed by atoms with van der Waals surface area (Å²) in [6.07, 6.45) is 1.68. The van der Waals surface area contributed by atoms with E-state index in [1.165, 1.54) is 40.9 Å². The van der Waals surface area contributed by atoms with Crippen molar-refractivity contribution in [1.29, 1.82) is 0 Å². The van der Waals surface area contributed by atoms with E-state index in [0.29, 0.717) is 23.8 Å². The largest absolute Gasteiger partial charge is 0.508 e.